The Morgan fingerprint density at radius 2 is 1.58 bits per heavy atom. The zero-order valence-electron chi connectivity index (χ0n) is 7.37. The van der Waals surface area contributed by atoms with E-state index < -0.39 is 0 Å². The SMILES string of the molecule is OCC1C2CCC3NC3CCC12. The van der Waals surface area contributed by atoms with E-state index in [1.165, 1.54) is 25.7 Å². The predicted octanol–water partition coefficient (Wildman–Crippen LogP) is 0.755. The van der Waals surface area contributed by atoms with E-state index in [2.05, 4.69) is 5.32 Å². The second-order valence-corrected chi connectivity index (χ2v) is 4.71. The van der Waals surface area contributed by atoms with Crippen LogP contribution >= 0.6 is 0 Å². The average molecular weight is 167 g/mol. The lowest BCUT2D eigenvalue weighted by molar-refractivity contribution is 0.261. The minimum absolute atomic E-state index is 0.443. The molecule has 3 rings (SSSR count). The van der Waals surface area contributed by atoms with Gasteiger partial charge in [0.25, 0.3) is 0 Å². The van der Waals surface area contributed by atoms with E-state index in [4.69, 9.17) is 5.11 Å². The summed E-state index contributed by atoms with van der Waals surface area (Å²) in [4.78, 5) is 0. The van der Waals surface area contributed by atoms with Crippen molar-refractivity contribution in [2.75, 3.05) is 6.61 Å². The molecule has 2 saturated carbocycles. The Hall–Kier alpha value is -0.0800. The van der Waals surface area contributed by atoms with Crippen molar-refractivity contribution in [1.29, 1.82) is 0 Å². The Morgan fingerprint density at radius 3 is 2.08 bits per heavy atom. The molecule has 0 aromatic rings. The van der Waals surface area contributed by atoms with Gasteiger partial charge in [0.1, 0.15) is 0 Å². The first-order chi connectivity index (χ1) is 5.90. The largest absolute Gasteiger partial charge is 0.396 e. The fourth-order valence-corrected chi connectivity index (χ4v) is 3.18. The summed E-state index contributed by atoms with van der Waals surface area (Å²) in [5, 5.41) is 12.6. The molecule has 4 atom stereocenters. The summed E-state index contributed by atoms with van der Waals surface area (Å²) in [6.07, 6.45) is 5.46. The first-order valence-corrected chi connectivity index (χ1v) is 5.27. The fourth-order valence-electron chi connectivity index (χ4n) is 3.18. The average Bonchev–Trinajstić information content (AvgIpc) is 2.88. The molecule has 2 N–H and O–H groups in total. The maximum atomic E-state index is 9.08. The van der Waals surface area contributed by atoms with E-state index in [0.29, 0.717) is 12.5 Å². The van der Waals surface area contributed by atoms with Gasteiger partial charge in [-0.2, -0.15) is 0 Å². The molecule has 68 valence electrons. The smallest absolute Gasteiger partial charge is 0.0464 e. The molecule has 0 radical (unpaired) electrons. The summed E-state index contributed by atoms with van der Waals surface area (Å²) < 4.78 is 0. The van der Waals surface area contributed by atoms with Crippen LogP contribution in [0.3, 0.4) is 0 Å². The predicted molar refractivity (Wildman–Crippen MR) is 46.7 cm³/mol. The van der Waals surface area contributed by atoms with Crippen LogP contribution in [0.4, 0.5) is 0 Å². The Bertz CT molecular complexity index is 176. The van der Waals surface area contributed by atoms with Crippen molar-refractivity contribution in [3.05, 3.63) is 0 Å². The highest BCUT2D eigenvalue weighted by Gasteiger charge is 2.52. The Morgan fingerprint density at radius 1 is 1.00 bits per heavy atom. The van der Waals surface area contributed by atoms with Gasteiger partial charge in [0, 0.05) is 18.7 Å². The van der Waals surface area contributed by atoms with E-state index in [9.17, 15) is 0 Å². The molecule has 0 aromatic carbocycles. The zero-order valence-corrected chi connectivity index (χ0v) is 7.37. The molecule has 2 heteroatoms. The van der Waals surface area contributed by atoms with Crippen LogP contribution in [0, 0.1) is 17.8 Å². The lowest BCUT2D eigenvalue weighted by atomic mass is 10.0. The molecule has 0 amide bonds. The van der Waals surface area contributed by atoms with Gasteiger partial charge in [-0.25, -0.2) is 0 Å². The molecule has 0 bridgehead atoms. The first-order valence-electron chi connectivity index (χ1n) is 5.27. The highest BCUT2D eigenvalue weighted by molar-refractivity contribution is 5.06. The van der Waals surface area contributed by atoms with Crippen LogP contribution in [0.1, 0.15) is 25.7 Å². The molecule has 4 unspecified atom stereocenters. The van der Waals surface area contributed by atoms with Crippen LogP contribution < -0.4 is 5.32 Å². The summed E-state index contributed by atoms with van der Waals surface area (Å²) >= 11 is 0. The normalized spacial score (nSPS) is 56.2. The standard InChI is InChI=1S/C10H17NO/c12-5-8-6-1-3-9-10(11-9)4-2-7(6)8/h6-12H,1-5H2. The van der Waals surface area contributed by atoms with Gasteiger partial charge in [-0.3, -0.25) is 0 Å². The molecule has 2 aliphatic carbocycles. The van der Waals surface area contributed by atoms with Crippen molar-refractivity contribution in [3.8, 4) is 0 Å². The minimum atomic E-state index is 0.443. The van der Waals surface area contributed by atoms with Crippen molar-refractivity contribution in [1.82, 2.24) is 5.32 Å². The molecule has 3 fully saturated rings. The molecular formula is C10H17NO. The third-order valence-electron chi connectivity index (χ3n) is 4.15. The van der Waals surface area contributed by atoms with Gasteiger partial charge in [-0.1, -0.05) is 0 Å². The van der Waals surface area contributed by atoms with Crippen molar-refractivity contribution in [3.63, 3.8) is 0 Å². The third-order valence-corrected chi connectivity index (χ3v) is 4.15. The molecule has 1 saturated heterocycles. The summed E-state index contributed by atoms with van der Waals surface area (Å²) in [5.74, 6) is 2.46. The topological polar surface area (TPSA) is 42.2 Å². The van der Waals surface area contributed by atoms with Crippen LogP contribution in [-0.2, 0) is 0 Å². The van der Waals surface area contributed by atoms with Gasteiger partial charge in [0.2, 0.25) is 0 Å². The Kier molecular flexibility index (Phi) is 1.50. The number of fused-ring (bicyclic) bond motifs is 2. The van der Waals surface area contributed by atoms with Gasteiger partial charge >= 0.3 is 0 Å². The lowest BCUT2D eigenvalue weighted by Gasteiger charge is -2.02. The van der Waals surface area contributed by atoms with Crippen LogP contribution in [0.5, 0.6) is 0 Å². The highest BCUT2D eigenvalue weighted by atomic mass is 16.3. The van der Waals surface area contributed by atoms with Gasteiger partial charge in [-0.15, -0.1) is 0 Å². The molecule has 12 heavy (non-hydrogen) atoms. The second kappa shape index (κ2) is 2.46. The summed E-state index contributed by atoms with van der Waals surface area (Å²) in [5.41, 5.74) is 0. The van der Waals surface area contributed by atoms with Crippen molar-refractivity contribution in [2.45, 2.75) is 37.8 Å². The molecule has 0 aromatic heterocycles. The van der Waals surface area contributed by atoms with Crippen LogP contribution in [-0.4, -0.2) is 23.8 Å². The van der Waals surface area contributed by atoms with Crippen LogP contribution in [0.2, 0.25) is 0 Å². The van der Waals surface area contributed by atoms with Crippen molar-refractivity contribution in [2.24, 2.45) is 17.8 Å². The van der Waals surface area contributed by atoms with Gasteiger partial charge in [-0.05, 0) is 43.4 Å². The second-order valence-electron chi connectivity index (χ2n) is 4.71. The molecular weight excluding hydrogens is 150 g/mol. The zero-order chi connectivity index (χ0) is 8.13. The summed E-state index contributed by atoms with van der Waals surface area (Å²) in [6.45, 7) is 0.443. The van der Waals surface area contributed by atoms with E-state index >= 15 is 0 Å². The third kappa shape index (κ3) is 1.01. The van der Waals surface area contributed by atoms with Crippen molar-refractivity contribution < 1.29 is 5.11 Å². The number of aliphatic hydroxyl groups excluding tert-OH is 1. The van der Waals surface area contributed by atoms with Crippen LogP contribution in [0.25, 0.3) is 0 Å². The van der Waals surface area contributed by atoms with E-state index in [0.717, 1.165) is 23.9 Å². The van der Waals surface area contributed by atoms with Gasteiger partial charge in [0.15, 0.2) is 0 Å². The van der Waals surface area contributed by atoms with Crippen molar-refractivity contribution >= 4 is 0 Å². The maximum Gasteiger partial charge on any atom is 0.0464 e. The Balaban J connectivity index is 1.63. The maximum absolute atomic E-state index is 9.08. The fraction of sp³-hybridized carbons (Fsp3) is 1.00. The molecule has 3 aliphatic rings. The van der Waals surface area contributed by atoms with Crippen LogP contribution in [0.15, 0.2) is 0 Å². The number of nitrogens with one attached hydrogen (secondary N) is 1. The quantitative estimate of drug-likeness (QED) is 0.566. The number of hydrogen-bond acceptors (Lipinski definition) is 2. The Labute approximate surface area is 73.4 Å². The number of hydrogen-bond donors (Lipinski definition) is 2. The van der Waals surface area contributed by atoms with Gasteiger partial charge < -0.3 is 10.4 Å². The van der Waals surface area contributed by atoms with Gasteiger partial charge in [0.05, 0.1) is 0 Å². The highest BCUT2D eigenvalue weighted by Crippen LogP contribution is 2.54. The molecule has 1 heterocycles. The van der Waals surface area contributed by atoms with E-state index in [1.807, 2.05) is 0 Å². The minimum Gasteiger partial charge on any atom is -0.396 e. The first kappa shape index (κ1) is 7.34. The molecule has 2 nitrogen and oxygen atoms in total. The number of aliphatic hydroxyl groups is 1. The number of rotatable bonds is 1. The molecule has 0 spiro atoms. The lowest BCUT2D eigenvalue weighted by Crippen LogP contribution is -2.00. The summed E-state index contributed by atoms with van der Waals surface area (Å²) in [6, 6.07) is 1.71. The van der Waals surface area contributed by atoms with E-state index in [1.54, 1.807) is 0 Å². The summed E-state index contributed by atoms with van der Waals surface area (Å²) in [7, 11) is 0. The molecule has 1 aliphatic heterocycles. The van der Waals surface area contributed by atoms with E-state index in [-0.39, 0.29) is 0 Å². The monoisotopic (exact) mass is 167 g/mol.